The molecule has 0 aromatic carbocycles. The summed E-state index contributed by atoms with van der Waals surface area (Å²) in [5.74, 6) is 1.24. The average molecular weight is 204 g/mol. The summed E-state index contributed by atoms with van der Waals surface area (Å²) in [6.45, 7) is 0. The van der Waals surface area contributed by atoms with Crippen LogP contribution in [0.15, 0.2) is 18.2 Å². The first kappa shape index (κ1) is 9.82. The first-order valence-electron chi connectivity index (χ1n) is 3.93. The molecule has 0 saturated carbocycles. The van der Waals surface area contributed by atoms with Gasteiger partial charge in [0.2, 0.25) is 0 Å². The van der Waals surface area contributed by atoms with Crippen LogP contribution in [0.2, 0.25) is 0 Å². The maximum atomic E-state index is 5.60. The minimum atomic E-state index is 0.622. The van der Waals surface area contributed by atoms with E-state index in [0.29, 0.717) is 11.8 Å². The second-order valence-corrected chi connectivity index (χ2v) is 3.25. The van der Waals surface area contributed by atoms with E-state index in [2.05, 4.69) is 4.98 Å². The van der Waals surface area contributed by atoms with Gasteiger partial charge in [-0.3, -0.25) is 4.98 Å². The Morgan fingerprint density at radius 1 is 1.00 bits per heavy atom. The van der Waals surface area contributed by atoms with Crippen molar-refractivity contribution in [2.45, 2.75) is 12.8 Å². The number of aromatic nitrogens is 1. The number of hydrogen-bond donors (Lipinski definition) is 0. The number of alkyl halides is 2. The van der Waals surface area contributed by atoms with Gasteiger partial charge in [0.05, 0.1) is 0 Å². The second-order valence-electron chi connectivity index (χ2n) is 2.50. The quantitative estimate of drug-likeness (QED) is 0.687. The van der Waals surface area contributed by atoms with Gasteiger partial charge in [-0.1, -0.05) is 6.07 Å². The van der Waals surface area contributed by atoms with Crippen LogP contribution < -0.4 is 0 Å². The maximum Gasteiger partial charge on any atom is 0.0418 e. The molecule has 0 saturated heterocycles. The van der Waals surface area contributed by atoms with Crippen molar-refractivity contribution in [1.82, 2.24) is 4.98 Å². The Bertz CT molecular complexity index is 216. The van der Waals surface area contributed by atoms with Crippen LogP contribution in [0.5, 0.6) is 0 Å². The highest BCUT2D eigenvalue weighted by Crippen LogP contribution is 2.02. The van der Waals surface area contributed by atoms with E-state index in [0.717, 1.165) is 24.2 Å². The zero-order valence-electron chi connectivity index (χ0n) is 6.76. The van der Waals surface area contributed by atoms with Gasteiger partial charge in [-0.15, -0.1) is 23.2 Å². The third kappa shape index (κ3) is 3.00. The van der Waals surface area contributed by atoms with Gasteiger partial charge in [-0.2, -0.15) is 0 Å². The van der Waals surface area contributed by atoms with Gasteiger partial charge in [-0.25, -0.2) is 0 Å². The number of hydrogen-bond acceptors (Lipinski definition) is 1. The molecule has 0 spiro atoms. The predicted molar refractivity (Wildman–Crippen MR) is 53.1 cm³/mol. The summed E-state index contributed by atoms with van der Waals surface area (Å²) in [5.41, 5.74) is 2.10. The van der Waals surface area contributed by atoms with Gasteiger partial charge in [0.1, 0.15) is 0 Å². The van der Waals surface area contributed by atoms with Crippen LogP contribution in [0.3, 0.4) is 0 Å². The van der Waals surface area contributed by atoms with Gasteiger partial charge in [0.15, 0.2) is 0 Å². The second kappa shape index (κ2) is 5.39. The molecule has 0 aliphatic rings. The normalized spacial score (nSPS) is 10.2. The van der Waals surface area contributed by atoms with Gasteiger partial charge in [-0.05, 0) is 12.1 Å². The molecule has 1 aromatic rings. The lowest BCUT2D eigenvalue weighted by atomic mass is 10.2. The van der Waals surface area contributed by atoms with Crippen molar-refractivity contribution in [3.8, 4) is 0 Å². The minimum Gasteiger partial charge on any atom is -0.258 e. The minimum absolute atomic E-state index is 0.622. The van der Waals surface area contributed by atoms with Crippen LogP contribution >= 0.6 is 23.2 Å². The van der Waals surface area contributed by atoms with Crippen LogP contribution in [0, 0.1) is 0 Å². The molecule has 1 heterocycles. The van der Waals surface area contributed by atoms with Crippen molar-refractivity contribution in [3.05, 3.63) is 29.6 Å². The van der Waals surface area contributed by atoms with E-state index in [4.69, 9.17) is 23.2 Å². The highest BCUT2D eigenvalue weighted by atomic mass is 35.5. The van der Waals surface area contributed by atoms with E-state index in [1.54, 1.807) is 0 Å². The summed E-state index contributed by atoms with van der Waals surface area (Å²) >= 11 is 11.2. The summed E-state index contributed by atoms with van der Waals surface area (Å²) in [5, 5.41) is 0. The van der Waals surface area contributed by atoms with Gasteiger partial charge >= 0.3 is 0 Å². The zero-order valence-corrected chi connectivity index (χ0v) is 8.28. The van der Waals surface area contributed by atoms with Crippen LogP contribution in [0.1, 0.15) is 11.4 Å². The molecule has 1 nitrogen and oxygen atoms in total. The molecule has 0 radical (unpaired) electrons. The fourth-order valence-corrected chi connectivity index (χ4v) is 1.39. The third-order valence-electron chi connectivity index (χ3n) is 1.57. The van der Waals surface area contributed by atoms with Crippen molar-refractivity contribution < 1.29 is 0 Å². The van der Waals surface area contributed by atoms with Crippen molar-refractivity contribution in [2.24, 2.45) is 0 Å². The van der Waals surface area contributed by atoms with E-state index < -0.39 is 0 Å². The maximum absolute atomic E-state index is 5.60. The SMILES string of the molecule is ClCCc1cccc(CCCl)n1. The number of pyridine rings is 1. The van der Waals surface area contributed by atoms with E-state index in [1.165, 1.54) is 0 Å². The van der Waals surface area contributed by atoms with Gasteiger partial charge in [0.25, 0.3) is 0 Å². The lowest BCUT2D eigenvalue weighted by Gasteiger charge is -2.00. The first-order chi connectivity index (χ1) is 5.86. The molecule has 12 heavy (non-hydrogen) atoms. The molecule has 0 unspecified atom stereocenters. The predicted octanol–water partition coefficient (Wildman–Crippen LogP) is 2.64. The van der Waals surface area contributed by atoms with Gasteiger partial charge < -0.3 is 0 Å². The Balaban J connectivity index is 2.67. The molecule has 0 aliphatic carbocycles. The van der Waals surface area contributed by atoms with Crippen molar-refractivity contribution >= 4 is 23.2 Å². The first-order valence-corrected chi connectivity index (χ1v) is 5.00. The summed E-state index contributed by atoms with van der Waals surface area (Å²) in [4.78, 5) is 4.38. The molecule has 3 heteroatoms. The summed E-state index contributed by atoms with van der Waals surface area (Å²) in [7, 11) is 0. The molecule has 0 amide bonds. The Hall–Kier alpha value is -0.270. The van der Waals surface area contributed by atoms with Crippen molar-refractivity contribution in [1.29, 1.82) is 0 Å². The number of aryl methyl sites for hydroxylation is 2. The molecule has 66 valence electrons. The highest BCUT2D eigenvalue weighted by Gasteiger charge is 1.96. The fraction of sp³-hybridized carbons (Fsp3) is 0.444. The number of rotatable bonds is 4. The van der Waals surface area contributed by atoms with Crippen LogP contribution in [-0.2, 0) is 12.8 Å². The number of nitrogens with zero attached hydrogens (tertiary/aromatic N) is 1. The molecule has 1 aromatic heterocycles. The molecular weight excluding hydrogens is 193 g/mol. The fourth-order valence-electron chi connectivity index (χ4n) is 1.00. The number of halogens is 2. The Kier molecular flexibility index (Phi) is 4.41. The molecule has 0 bridgehead atoms. The van der Waals surface area contributed by atoms with E-state index in [-0.39, 0.29) is 0 Å². The van der Waals surface area contributed by atoms with Gasteiger partial charge in [0, 0.05) is 36.0 Å². The van der Waals surface area contributed by atoms with Crippen LogP contribution in [0.25, 0.3) is 0 Å². The van der Waals surface area contributed by atoms with E-state index in [1.807, 2.05) is 18.2 Å². The van der Waals surface area contributed by atoms with Crippen molar-refractivity contribution in [2.75, 3.05) is 11.8 Å². The lowest BCUT2D eigenvalue weighted by molar-refractivity contribution is 0.961. The van der Waals surface area contributed by atoms with E-state index >= 15 is 0 Å². The van der Waals surface area contributed by atoms with E-state index in [9.17, 15) is 0 Å². The molecular formula is C9H11Cl2N. The Labute approximate surface area is 82.7 Å². The van der Waals surface area contributed by atoms with Crippen LogP contribution in [-0.4, -0.2) is 16.7 Å². The highest BCUT2D eigenvalue weighted by molar-refractivity contribution is 6.18. The average Bonchev–Trinajstić information content (AvgIpc) is 2.06. The molecule has 0 atom stereocenters. The largest absolute Gasteiger partial charge is 0.258 e. The summed E-state index contributed by atoms with van der Waals surface area (Å²) in [6, 6.07) is 5.97. The Morgan fingerprint density at radius 3 is 1.92 bits per heavy atom. The molecule has 0 fully saturated rings. The summed E-state index contributed by atoms with van der Waals surface area (Å²) < 4.78 is 0. The van der Waals surface area contributed by atoms with Crippen LogP contribution in [0.4, 0.5) is 0 Å². The lowest BCUT2D eigenvalue weighted by Crippen LogP contribution is -1.96. The molecule has 0 N–H and O–H groups in total. The molecule has 0 aliphatic heterocycles. The smallest absolute Gasteiger partial charge is 0.0418 e. The van der Waals surface area contributed by atoms with Crippen molar-refractivity contribution in [3.63, 3.8) is 0 Å². The third-order valence-corrected chi connectivity index (χ3v) is 1.94. The standard InChI is InChI=1S/C9H11Cl2N/c10-6-4-8-2-1-3-9(12-8)5-7-11/h1-3H,4-7H2. The Morgan fingerprint density at radius 2 is 1.50 bits per heavy atom. The topological polar surface area (TPSA) is 12.9 Å². The summed E-state index contributed by atoms with van der Waals surface area (Å²) in [6.07, 6.45) is 1.66. The zero-order chi connectivity index (χ0) is 8.81. The monoisotopic (exact) mass is 203 g/mol. The molecule has 1 rings (SSSR count).